The molecule has 25 heavy (non-hydrogen) atoms. The van der Waals surface area contributed by atoms with Gasteiger partial charge < -0.3 is 14.0 Å². The molecule has 0 fully saturated rings. The Morgan fingerprint density at radius 1 is 1.24 bits per heavy atom. The zero-order chi connectivity index (χ0) is 18.6. The first-order valence-corrected chi connectivity index (χ1v) is 8.43. The maximum atomic E-state index is 12.3. The van der Waals surface area contributed by atoms with E-state index in [2.05, 4.69) is 0 Å². The van der Waals surface area contributed by atoms with Crippen LogP contribution in [0.15, 0.2) is 30.3 Å². The van der Waals surface area contributed by atoms with E-state index in [1.165, 1.54) is 6.08 Å². The predicted octanol–water partition coefficient (Wildman–Crippen LogP) is 4.21. The normalized spacial score (nSPS) is 11.9. The van der Waals surface area contributed by atoms with Gasteiger partial charge in [0.2, 0.25) is 0 Å². The fraction of sp³-hybridized carbons (Fsp3) is 0.368. The van der Waals surface area contributed by atoms with Gasteiger partial charge in [-0.05, 0) is 52.0 Å². The highest BCUT2D eigenvalue weighted by Gasteiger charge is 2.18. The molecular formula is C19H22ClNO4. The number of hydrogen-bond acceptors (Lipinski definition) is 4. The van der Waals surface area contributed by atoms with Gasteiger partial charge in [-0.15, -0.1) is 0 Å². The Kier molecular flexibility index (Phi) is 5.90. The molecule has 1 heterocycles. The highest BCUT2D eigenvalue weighted by atomic mass is 35.5. The van der Waals surface area contributed by atoms with E-state index in [4.69, 9.17) is 21.1 Å². The van der Waals surface area contributed by atoms with Gasteiger partial charge in [-0.1, -0.05) is 17.7 Å². The Morgan fingerprint density at radius 2 is 1.96 bits per heavy atom. The van der Waals surface area contributed by atoms with Crippen molar-refractivity contribution in [2.24, 2.45) is 0 Å². The van der Waals surface area contributed by atoms with Gasteiger partial charge in [-0.3, -0.25) is 4.79 Å². The zero-order valence-corrected chi connectivity index (χ0v) is 15.6. The van der Waals surface area contributed by atoms with Crippen LogP contribution in [0.2, 0.25) is 5.02 Å². The van der Waals surface area contributed by atoms with Crippen molar-refractivity contribution in [2.75, 3.05) is 6.61 Å². The minimum absolute atomic E-state index is 0.0175. The maximum Gasteiger partial charge on any atom is 0.330 e. The van der Waals surface area contributed by atoms with Crippen LogP contribution in [0.3, 0.4) is 0 Å². The van der Waals surface area contributed by atoms with Crippen LogP contribution in [0.5, 0.6) is 0 Å². The summed E-state index contributed by atoms with van der Waals surface area (Å²) in [6, 6.07) is 7.31. The average molecular weight is 364 g/mol. The molecule has 134 valence electrons. The summed E-state index contributed by atoms with van der Waals surface area (Å²) in [6.07, 6.45) is 2.96. The first-order valence-electron chi connectivity index (χ1n) is 8.05. The van der Waals surface area contributed by atoms with Gasteiger partial charge in [0.15, 0.2) is 0 Å². The second-order valence-electron chi connectivity index (χ2n) is 6.53. The minimum Gasteiger partial charge on any atom is -0.463 e. The Labute approximate surface area is 152 Å². The average Bonchev–Trinajstić information content (AvgIpc) is 2.81. The van der Waals surface area contributed by atoms with Crippen molar-refractivity contribution in [2.45, 2.75) is 39.8 Å². The Morgan fingerprint density at radius 3 is 2.60 bits per heavy atom. The molecule has 0 aliphatic rings. The van der Waals surface area contributed by atoms with Crippen LogP contribution in [-0.2, 0) is 25.6 Å². The van der Waals surface area contributed by atoms with E-state index in [0.29, 0.717) is 17.3 Å². The number of hydrogen-bond donors (Lipinski definition) is 0. The first kappa shape index (κ1) is 19.1. The van der Waals surface area contributed by atoms with Crippen molar-refractivity contribution < 1.29 is 19.1 Å². The van der Waals surface area contributed by atoms with Crippen molar-refractivity contribution in [1.82, 2.24) is 4.57 Å². The number of carbonyl (C=O) groups is 2. The van der Waals surface area contributed by atoms with E-state index >= 15 is 0 Å². The minimum atomic E-state index is -0.571. The lowest BCUT2D eigenvalue weighted by atomic mass is 10.2. The van der Waals surface area contributed by atoms with E-state index in [1.807, 2.05) is 32.9 Å². The summed E-state index contributed by atoms with van der Waals surface area (Å²) in [5, 5.41) is 1.48. The number of nitrogens with zero attached hydrogens (tertiary/aromatic N) is 1. The standard InChI is InChI=1S/C19H22ClNO4/c1-5-24-17(22)9-8-15-10-13-6-7-14(20)11-16(13)21(15)12-18(23)25-19(2,3)4/h6-11H,5,12H2,1-4H3/b9-8+. The number of benzene rings is 1. The number of ether oxygens (including phenoxy) is 2. The molecule has 0 aliphatic carbocycles. The largest absolute Gasteiger partial charge is 0.463 e. The third-order valence-corrected chi connectivity index (χ3v) is 3.52. The molecule has 2 rings (SSSR count). The summed E-state index contributed by atoms with van der Waals surface area (Å²) >= 11 is 6.09. The lowest BCUT2D eigenvalue weighted by Crippen LogP contribution is -2.26. The smallest absolute Gasteiger partial charge is 0.330 e. The van der Waals surface area contributed by atoms with Crippen molar-refractivity contribution >= 4 is 40.5 Å². The SMILES string of the molecule is CCOC(=O)/C=C/c1cc2ccc(Cl)cc2n1CC(=O)OC(C)(C)C. The molecule has 0 unspecified atom stereocenters. The highest BCUT2D eigenvalue weighted by molar-refractivity contribution is 6.31. The maximum absolute atomic E-state index is 12.3. The summed E-state index contributed by atoms with van der Waals surface area (Å²) in [7, 11) is 0. The molecule has 0 spiro atoms. The number of halogens is 1. The summed E-state index contributed by atoms with van der Waals surface area (Å²) < 4.78 is 12.1. The lowest BCUT2D eigenvalue weighted by molar-refractivity contribution is -0.155. The third-order valence-electron chi connectivity index (χ3n) is 3.28. The molecule has 1 aromatic heterocycles. The van der Waals surface area contributed by atoms with Gasteiger partial charge in [0.1, 0.15) is 12.1 Å². The van der Waals surface area contributed by atoms with Gasteiger partial charge >= 0.3 is 11.9 Å². The fourth-order valence-corrected chi connectivity index (χ4v) is 2.58. The monoisotopic (exact) mass is 363 g/mol. The molecule has 0 saturated carbocycles. The fourth-order valence-electron chi connectivity index (χ4n) is 2.41. The van der Waals surface area contributed by atoms with E-state index in [9.17, 15) is 9.59 Å². The van der Waals surface area contributed by atoms with Gasteiger partial charge in [-0.25, -0.2) is 4.79 Å². The van der Waals surface area contributed by atoms with Crippen molar-refractivity contribution in [3.63, 3.8) is 0 Å². The zero-order valence-electron chi connectivity index (χ0n) is 14.8. The van der Waals surface area contributed by atoms with Crippen LogP contribution in [0, 0.1) is 0 Å². The van der Waals surface area contributed by atoms with Gasteiger partial charge in [-0.2, -0.15) is 0 Å². The molecule has 0 amide bonds. The molecule has 0 bridgehead atoms. The number of carbonyl (C=O) groups excluding carboxylic acids is 2. The van der Waals surface area contributed by atoms with E-state index < -0.39 is 11.6 Å². The van der Waals surface area contributed by atoms with Crippen molar-refractivity contribution in [1.29, 1.82) is 0 Å². The van der Waals surface area contributed by atoms with Gasteiger partial charge in [0.05, 0.1) is 12.1 Å². The molecule has 1 aromatic carbocycles. The molecule has 2 aromatic rings. The molecule has 0 N–H and O–H groups in total. The Balaban J connectivity index is 2.39. The summed E-state index contributed by atoms with van der Waals surface area (Å²) in [4.78, 5) is 23.8. The first-order chi connectivity index (χ1) is 11.7. The van der Waals surface area contributed by atoms with Gasteiger partial charge in [0.25, 0.3) is 0 Å². The van der Waals surface area contributed by atoms with E-state index in [-0.39, 0.29) is 12.5 Å². The molecule has 5 nitrogen and oxygen atoms in total. The highest BCUT2D eigenvalue weighted by Crippen LogP contribution is 2.25. The van der Waals surface area contributed by atoms with Crippen LogP contribution in [0.25, 0.3) is 17.0 Å². The Bertz CT molecular complexity index is 815. The van der Waals surface area contributed by atoms with E-state index in [1.54, 1.807) is 29.7 Å². The van der Waals surface area contributed by atoms with Crippen molar-refractivity contribution in [3.05, 3.63) is 41.1 Å². The molecule has 0 saturated heterocycles. The number of fused-ring (bicyclic) bond motifs is 1. The number of aromatic nitrogens is 1. The number of rotatable bonds is 5. The van der Waals surface area contributed by atoms with Crippen LogP contribution in [0.4, 0.5) is 0 Å². The van der Waals surface area contributed by atoms with Crippen LogP contribution in [0.1, 0.15) is 33.4 Å². The summed E-state index contributed by atoms with van der Waals surface area (Å²) in [6.45, 7) is 7.52. The molecule has 6 heteroatoms. The second kappa shape index (κ2) is 7.74. The van der Waals surface area contributed by atoms with Crippen LogP contribution < -0.4 is 0 Å². The molecular weight excluding hydrogens is 342 g/mol. The third kappa shape index (κ3) is 5.36. The molecule has 0 atom stereocenters. The number of esters is 2. The van der Waals surface area contributed by atoms with E-state index in [0.717, 1.165) is 10.9 Å². The molecule has 0 radical (unpaired) electrons. The molecule has 0 aliphatic heterocycles. The summed E-state index contributed by atoms with van der Waals surface area (Å²) in [5.41, 5.74) is 0.913. The topological polar surface area (TPSA) is 57.5 Å². The lowest BCUT2D eigenvalue weighted by Gasteiger charge is -2.20. The second-order valence-corrected chi connectivity index (χ2v) is 6.97. The van der Waals surface area contributed by atoms with Gasteiger partial charge in [0, 0.05) is 22.2 Å². The van der Waals surface area contributed by atoms with Crippen LogP contribution >= 0.6 is 11.6 Å². The Hall–Kier alpha value is -2.27. The predicted molar refractivity (Wildman–Crippen MR) is 98.5 cm³/mol. The quantitative estimate of drug-likeness (QED) is 0.589. The van der Waals surface area contributed by atoms with Crippen molar-refractivity contribution in [3.8, 4) is 0 Å². The summed E-state index contributed by atoms with van der Waals surface area (Å²) in [5.74, 6) is -0.801. The van der Waals surface area contributed by atoms with Crippen LogP contribution in [-0.4, -0.2) is 28.7 Å².